The van der Waals surface area contributed by atoms with E-state index in [9.17, 15) is 4.79 Å². The van der Waals surface area contributed by atoms with Gasteiger partial charge in [-0.2, -0.15) is 0 Å². The van der Waals surface area contributed by atoms with Crippen molar-refractivity contribution in [2.24, 2.45) is 0 Å². The predicted molar refractivity (Wildman–Crippen MR) is 97.2 cm³/mol. The van der Waals surface area contributed by atoms with Gasteiger partial charge in [0.1, 0.15) is 0 Å². The molecule has 3 aromatic rings. The average Bonchev–Trinajstić information content (AvgIpc) is 3.19. The summed E-state index contributed by atoms with van der Waals surface area (Å²) in [4.78, 5) is 27.1. The molecular formula is C20H20N4O. The number of aromatic nitrogens is 3. The Hall–Kier alpha value is -2.66. The van der Waals surface area contributed by atoms with Gasteiger partial charge in [-0.05, 0) is 56.2 Å². The van der Waals surface area contributed by atoms with Crippen molar-refractivity contribution in [3.63, 3.8) is 0 Å². The minimum Gasteiger partial charge on any atom is -0.298 e. The van der Waals surface area contributed by atoms with Crippen LogP contribution >= 0.6 is 0 Å². The molecule has 0 radical (unpaired) electrons. The number of pyridine rings is 3. The topological polar surface area (TPSA) is 59.0 Å². The molecule has 126 valence electrons. The van der Waals surface area contributed by atoms with Crippen molar-refractivity contribution in [3.8, 4) is 11.3 Å². The summed E-state index contributed by atoms with van der Waals surface area (Å²) in [7, 11) is 0. The summed E-state index contributed by atoms with van der Waals surface area (Å²) in [5, 5.41) is 0.777. The van der Waals surface area contributed by atoms with Gasteiger partial charge < -0.3 is 0 Å². The average molecular weight is 336 g/mol. The summed E-state index contributed by atoms with van der Waals surface area (Å²) in [6, 6.07) is 4.61. The first-order valence-electron chi connectivity index (χ1n) is 10.4. The summed E-state index contributed by atoms with van der Waals surface area (Å²) < 4.78 is 31.5. The van der Waals surface area contributed by atoms with Gasteiger partial charge in [0.25, 0.3) is 0 Å². The monoisotopic (exact) mass is 336 g/mol. The van der Waals surface area contributed by atoms with Gasteiger partial charge in [0.15, 0.2) is 5.78 Å². The van der Waals surface area contributed by atoms with Crippen molar-refractivity contribution in [2.45, 2.75) is 19.3 Å². The van der Waals surface area contributed by atoms with Crippen molar-refractivity contribution >= 4 is 16.7 Å². The van der Waals surface area contributed by atoms with E-state index in [2.05, 4.69) is 19.9 Å². The van der Waals surface area contributed by atoms with Gasteiger partial charge in [-0.25, -0.2) is 4.98 Å². The van der Waals surface area contributed by atoms with E-state index >= 15 is 0 Å². The van der Waals surface area contributed by atoms with Crippen LogP contribution in [0.3, 0.4) is 0 Å². The lowest BCUT2D eigenvalue weighted by Crippen LogP contribution is -2.27. The highest BCUT2D eigenvalue weighted by molar-refractivity contribution is 5.85. The zero-order chi connectivity index (χ0) is 20.5. The molecule has 5 heteroatoms. The molecule has 4 rings (SSSR count). The van der Waals surface area contributed by atoms with Gasteiger partial charge >= 0.3 is 0 Å². The van der Waals surface area contributed by atoms with Gasteiger partial charge in [-0.15, -0.1) is 0 Å². The SMILES string of the molecule is [2H]c1nc([2H])c(-c2ccc3cnc(CC(=O)CN4CCCC4)cc3n2)c([2H])c1[2H]. The molecule has 0 atom stereocenters. The summed E-state index contributed by atoms with van der Waals surface area (Å²) in [5.41, 5.74) is 1.69. The number of hydrogen-bond acceptors (Lipinski definition) is 5. The Balaban J connectivity index is 1.64. The largest absolute Gasteiger partial charge is 0.298 e. The Morgan fingerprint density at radius 2 is 2.16 bits per heavy atom. The first kappa shape index (κ1) is 11.8. The van der Waals surface area contributed by atoms with E-state index in [1.807, 2.05) is 0 Å². The molecule has 5 nitrogen and oxygen atoms in total. The van der Waals surface area contributed by atoms with Gasteiger partial charge in [-0.3, -0.25) is 19.7 Å². The van der Waals surface area contributed by atoms with Gasteiger partial charge in [-0.1, -0.05) is 0 Å². The number of hydrogen-bond donors (Lipinski definition) is 0. The quantitative estimate of drug-likeness (QED) is 0.717. The van der Waals surface area contributed by atoms with E-state index in [1.54, 1.807) is 24.4 Å². The Bertz CT molecular complexity index is 1100. The summed E-state index contributed by atoms with van der Waals surface area (Å²) in [5.74, 6) is 0.117. The van der Waals surface area contributed by atoms with Crippen LogP contribution in [0.4, 0.5) is 0 Å². The molecule has 1 aliphatic heterocycles. The van der Waals surface area contributed by atoms with Crippen LogP contribution in [0.2, 0.25) is 0 Å². The van der Waals surface area contributed by atoms with E-state index in [0.29, 0.717) is 23.4 Å². The molecule has 0 aromatic carbocycles. The number of nitrogens with zero attached hydrogens (tertiary/aromatic N) is 4. The Morgan fingerprint density at radius 3 is 3.04 bits per heavy atom. The van der Waals surface area contributed by atoms with Crippen LogP contribution in [0.1, 0.15) is 24.0 Å². The van der Waals surface area contributed by atoms with E-state index in [1.165, 1.54) is 0 Å². The van der Waals surface area contributed by atoms with Crippen molar-refractivity contribution in [1.82, 2.24) is 19.9 Å². The summed E-state index contributed by atoms with van der Waals surface area (Å²) in [6.07, 6.45) is 3.53. The second kappa shape index (κ2) is 7.07. The molecule has 0 aliphatic carbocycles. The van der Waals surface area contributed by atoms with E-state index in [0.717, 1.165) is 31.3 Å². The minimum atomic E-state index is -0.396. The van der Waals surface area contributed by atoms with E-state index in [4.69, 9.17) is 5.48 Å². The molecule has 1 aliphatic rings. The zero-order valence-electron chi connectivity index (χ0n) is 17.7. The smallest absolute Gasteiger partial charge is 0.152 e. The highest BCUT2D eigenvalue weighted by Gasteiger charge is 2.16. The first-order chi connectivity index (χ1) is 13.9. The molecule has 0 saturated carbocycles. The summed E-state index contributed by atoms with van der Waals surface area (Å²) >= 11 is 0. The molecule has 3 aromatic heterocycles. The second-order valence-electron chi connectivity index (χ2n) is 6.22. The molecule has 0 bridgehead atoms. The van der Waals surface area contributed by atoms with Crippen molar-refractivity contribution < 1.29 is 10.3 Å². The van der Waals surface area contributed by atoms with Crippen LogP contribution in [0.15, 0.2) is 48.8 Å². The standard InChI is InChI=1S/C20H20N4O/c25-18(14-24-8-1-2-9-24)10-17-11-20-16(13-22-17)5-6-19(23-20)15-4-3-7-21-12-15/h3-7,11-13H,1-2,8-10,14H2/i3D,4D,7D,12D. The van der Waals surface area contributed by atoms with E-state index in [-0.39, 0.29) is 36.0 Å². The van der Waals surface area contributed by atoms with Crippen LogP contribution in [-0.2, 0) is 11.2 Å². The molecule has 0 N–H and O–H groups in total. The Kier molecular flexibility index (Phi) is 3.34. The van der Waals surface area contributed by atoms with E-state index < -0.39 is 6.17 Å². The molecule has 0 unspecified atom stereocenters. The molecule has 1 fully saturated rings. The number of ketones is 1. The number of carbonyl (C=O) groups excluding carboxylic acids is 1. The fourth-order valence-corrected chi connectivity index (χ4v) is 3.09. The molecule has 1 saturated heterocycles. The lowest BCUT2D eigenvalue weighted by Gasteiger charge is -2.13. The fourth-order valence-electron chi connectivity index (χ4n) is 3.09. The van der Waals surface area contributed by atoms with Gasteiger partial charge in [0.2, 0.25) is 0 Å². The number of rotatable bonds is 5. The van der Waals surface area contributed by atoms with Crippen LogP contribution in [0, 0.1) is 0 Å². The normalized spacial score (nSPS) is 17.1. The van der Waals surface area contributed by atoms with Gasteiger partial charge in [0, 0.05) is 35.2 Å². The lowest BCUT2D eigenvalue weighted by molar-refractivity contribution is -0.119. The number of likely N-dealkylation sites (tertiary alicyclic amines) is 1. The zero-order valence-corrected chi connectivity index (χ0v) is 13.7. The Morgan fingerprint density at radius 1 is 1.28 bits per heavy atom. The predicted octanol–water partition coefficient (Wildman–Crippen LogP) is 2.90. The Labute approximate surface area is 152 Å². The lowest BCUT2D eigenvalue weighted by atomic mass is 10.1. The van der Waals surface area contributed by atoms with Crippen LogP contribution in [0.25, 0.3) is 22.2 Å². The molecule has 25 heavy (non-hydrogen) atoms. The van der Waals surface area contributed by atoms with Crippen molar-refractivity contribution in [2.75, 3.05) is 19.6 Å². The molecule has 4 heterocycles. The third-order valence-electron chi connectivity index (χ3n) is 4.33. The van der Waals surface area contributed by atoms with Crippen LogP contribution < -0.4 is 0 Å². The third-order valence-corrected chi connectivity index (χ3v) is 4.33. The third kappa shape index (κ3) is 3.72. The highest BCUT2D eigenvalue weighted by atomic mass is 16.1. The van der Waals surface area contributed by atoms with Crippen LogP contribution in [0.5, 0.6) is 0 Å². The van der Waals surface area contributed by atoms with Crippen LogP contribution in [-0.4, -0.2) is 45.3 Å². The van der Waals surface area contributed by atoms with Crippen molar-refractivity contribution in [3.05, 3.63) is 54.5 Å². The van der Waals surface area contributed by atoms with Gasteiger partial charge in [0.05, 0.1) is 29.7 Å². The first-order valence-corrected chi connectivity index (χ1v) is 8.37. The number of fused-ring (bicyclic) bond motifs is 1. The number of carbonyl (C=O) groups is 1. The highest BCUT2D eigenvalue weighted by Crippen LogP contribution is 2.20. The maximum absolute atomic E-state index is 12.4. The molecule has 0 spiro atoms. The maximum Gasteiger partial charge on any atom is 0.152 e. The molecular weight excluding hydrogens is 312 g/mol. The summed E-state index contributed by atoms with van der Waals surface area (Å²) in [6.45, 7) is 2.38. The second-order valence-corrected chi connectivity index (χ2v) is 6.22. The maximum atomic E-state index is 12.4. The number of Topliss-reactive ketones (excluding diaryl/α,β-unsaturated/α-hetero) is 1. The van der Waals surface area contributed by atoms with Crippen molar-refractivity contribution in [1.29, 1.82) is 0 Å². The minimum absolute atomic E-state index is 0.117. The molecule has 0 amide bonds. The fraction of sp³-hybridized carbons (Fsp3) is 0.300.